The number of nitrogens with zero attached hydrogens (tertiary/aromatic N) is 4. The quantitative estimate of drug-likeness (QED) is 0.555. The summed E-state index contributed by atoms with van der Waals surface area (Å²) >= 11 is 0. The predicted octanol–water partition coefficient (Wildman–Crippen LogP) is 2.53. The first kappa shape index (κ1) is 20.9. The second-order valence-electron chi connectivity index (χ2n) is 8.81. The third-order valence-corrected chi connectivity index (χ3v) is 6.55. The topological polar surface area (TPSA) is 72.9 Å². The van der Waals surface area contributed by atoms with Crippen molar-refractivity contribution in [2.75, 3.05) is 37.6 Å². The SMILES string of the molecule is CCNC(=NCc1ccnc(N2CCCC2)c1)NC1CCN(C(=O)C2CCCC2)C1. The molecule has 4 rings (SSSR count). The number of aliphatic imine (C=N–C) groups is 1. The van der Waals surface area contributed by atoms with E-state index >= 15 is 0 Å². The monoisotopic (exact) mass is 412 g/mol. The van der Waals surface area contributed by atoms with Crippen molar-refractivity contribution in [1.82, 2.24) is 20.5 Å². The average molecular weight is 413 g/mol. The first-order chi connectivity index (χ1) is 14.7. The number of guanidine groups is 1. The van der Waals surface area contributed by atoms with E-state index in [0.717, 1.165) is 63.8 Å². The van der Waals surface area contributed by atoms with Gasteiger partial charge in [0.2, 0.25) is 5.91 Å². The fourth-order valence-corrected chi connectivity index (χ4v) is 4.87. The summed E-state index contributed by atoms with van der Waals surface area (Å²) in [4.78, 5) is 26.5. The minimum absolute atomic E-state index is 0.266. The molecular formula is C23H36N6O. The van der Waals surface area contributed by atoms with E-state index in [0.29, 0.717) is 12.5 Å². The molecule has 30 heavy (non-hydrogen) atoms. The van der Waals surface area contributed by atoms with Gasteiger partial charge in [-0.25, -0.2) is 9.98 Å². The van der Waals surface area contributed by atoms with Crippen molar-refractivity contribution in [3.05, 3.63) is 23.9 Å². The Hall–Kier alpha value is -2.31. The third kappa shape index (κ3) is 5.24. The van der Waals surface area contributed by atoms with E-state index in [4.69, 9.17) is 4.99 Å². The van der Waals surface area contributed by atoms with Crippen molar-refractivity contribution in [3.8, 4) is 0 Å². The number of nitrogens with one attached hydrogen (secondary N) is 2. The van der Waals surface area contributed by atoms with Crippen LogP contribution in [0.3, 0.4) is 0 Å². The van der Waals surface area contributed by atoms with E-state index in [1.807, 2.05) is 12.3 Å². The third-order valence-electron chi connectivity index (χ3n) is 6.55. The van der Waals surface area contributed by atoms with Gasteiger partial charge < -0.3 is 20.4 Å². The zero-order valence-corrected chi connectivity index (χ0v) is 18.3. The van der Waals surface area contributed by atoms with Gasteiger partial charge in [-0.05, 0) is 56.7 Å². The summed E-state index contributed by atoms with van der Waals surface area (Å²) in [7, 11) is 0. The van der Waals surface area contributed by atoms with E-state index in [2.05, 4.69) is 38.4 Å². The highest BCUT2D eigenvalue weighted by Crippen LogP contribution is 2.27. The number of likely N-dealkylation sites (tertiary alicyclic amines) is 1. The van der Waals surface area contributed by atoms with Crippen LogP contribution in [-0.4, -0.2) is 60.5 Å². The lowest BCUT2D eigenvalue weighted by molar-refractivity contribution is -0.134. The molecule has 1 aromatic rings. The van der Waals surface area contributed by atoms with Crippen LogP contribution in [0.5, 0.6) is 0 Å². The smallest absolute Gasteiger partial charge is 0.225 e. The van der Waals surface area contributed by atoms with Gasteiger partial charge in [0.1, 0.15) is 5.82 Å². The molecule has 0 radical (unpaired) electrons. The Labute approximate surface area is 180 Å². The molecule has 1 atom stereocenters. The molecule has 0 aromatic carbocycles. The molecule has 1 amide bonds. The number of amides is 1. The molecule has 164 valence electrons. The van der Waals surface area contributed by atoms with Crippen LogP contribution in [0.1, 0.15) is 57.4 Å². The van der Waals surface area contributed by atoms with Gasteiger partial charge in [0, 0.05) is 50.9 Å². The Morgan fingerprint density at radius 1 is 1.17 bits per heavy atom. The Morgan fingerprint density at radius 3 is 2.73 bits per heavy atom. The maximum absolute atomic E-state index is 12.7. The molecule has 2 aliphatic heterocycles. The predicted molar refractivity (Wildman–Crippen MR) is 121 cm³/mol. The largest absolute Gasteiger partial charge is 0.357 e. The normalized spacial score (nSPS) is 22.7. The Balaban J connectivity index is 1.33. The summed E-state index contributed by atoms with van der Waals surface area (Å²) in [6.07, 6.45) is 9.93. The van der Waals surface area contributed by atoms with E-state index in [9.17, 15) is 4.79 Å². The van der Waals surface area contributed by atoms with Crippen molar-refractivity contribution in [2.24, 2.45) is 10.9 Å². The molecule has 3 aliphatic rings. The fraction of sp³-hybridized carbons (Fsp3) is 0.696. The first-order valence-electron chi connectivity index (χ1n) is 11.8. The van der Waals surface area contributed by atoms with Gasteiger partial charge in [0.05, 0.1) is 6.54 Å². The van der Waals surface area contributed by atoms with E-state index in [1.165, 1.54) is 31.2 Å². The summed E-state index contributed by atoms with van der Waals surface area (Å²) in [6.45, 7) is 7.36. The summed E-state index contributed by atoms with van der Waals surface area (Å²) in [6, 6.07) is 4.48. The second-order valence-corrected chi connectivity index (χ2v) is 8.81. The molecule has 1 unspecified atom stereocenters. The van der Waals surface area contributed by atoms with Crippen LogP contribution in [0.4, 0.5) is 5.82 Å². The minimum Gasteiger partial charge on any atom is -0.357 e. The van der Waals surface area contributed by atoms with Crippen LogP contribution in [-0.2, 0) is 11.3 Å². The molecule has 0 spiro atoms. The van der Waals surface area contributed by atoms with Crippen molar-refractivity contribution >= 4 is 17.7 Å². The summed E-state index contributed by atoms with van der Waals surface area (Å²) < 4.78 is 0. The number of carbonyl (C=O) groups is 1. The highest BCUT2D eigenvalue weighted by atomic mass is 16.2. The molecule has 7 nitrogen and oxygen atoms in total. The van der Waals surface area contributed by atoms with Crippen molar-refractivity contribution in [3.63, 3.8) is 0 Å². The summed E-state index contributed by atoms with van der Waals surface area (Å²) in [5.74, 6) is 2.53. The molecule has 1 saturated carbocycles. The Morgan fingerprint density at radius 2 is 1.97 bits per heavy atom. The van der Waals surface area contributed by atoms with Gasteiger partial charge in [0.25, 0.3) is 0 Å². The van der Waals surface area contributed by atoms with Crippen molar-refractivity contribution in [2.45, 2.75) is 64.5 Å². The minimum atomic E-state index is 0.266. The maximum Gasteiger partial charge on any atom is 0.225 e. The number of hydrogen-bond donors (Lipinski definition) is 2. The van der Waals surface area contributed by atoms with Crippen LogP contribution in [0.15, 0.2) is 23.3 Å². The molecule has 3 heterocycles. The fourth-order valence-electron chi connectivity index (χ4n) is 4.87. The lowest BCUT2D eigenvalue weighted by Crippen LogP contribution is -2.45. The molecule has 2 saturated heterocycles. The van der Waals surface area contributed by atoms with Gasteiger partial charge in [-0.3, -0.25) is 4.79 Å². The Kier molecular flexibility index (Phi) is 7.07. The molecule has 1 aromatic heterocycles. The molecule has 2 N–H and O–H groups in total. The van der Waals surface area contributed by atoms with E-state index in [-0.39, 0.29) is 12.0 Å². The molecule has 3 fully saturated rings. The zero-order valence-electron chi connectivity index (χ0n) is 18.3. The molecule has 1 aliphatic carbocycles. The van der Waals surface area contributed by atoms with Gasteiger partial charge >= 0.3 is 0 Å². The van der Waals surface area contributed by atoms with Crippen LogP contribution in [0, 0.1) is 5.92 Å². The van der Waals surface area contributed by atoms with Gasteiger partial charge in [-0.1, -0.05) is 12.8 Å². The van der Waals surface area contributed by atoms with Crippen molar-refractivity contribution in [1.29, 1.82) is 0 Å². The number of anilines is 1. The number of carbonyl (C=O) groups excluding carboxylic acids is 1. The van der Waals surface area contributed by atoms with Gasteiger partial charge in [0.15, 0.2) is 5.96 Å². The lowest BCUT2D eigenvalue weighted by atomic mass is 10.1. The first-order valence-corrected chi connectivity index (χ1v) is 11.8. The zero-order chi connectivity index (χ0) is 20.8. The maximum atomic E-state index is 12.7. The molecular weight excluding hydrogens is 376 g/mol. The van der Waals surface area contributed by atoms with Crippen LogP contribution in [0.2, 0.25) is 0 Å². The van der Waals surface area contributed by atoms with Crippen LogP contribution < -0.4 is 15.5 Å². The molecule has 7 heteroatoms. The standard InChI is InChI=1S/C23H36N6O/c1-2-24-23(26-16-18-9-11-25-21(15-18)28-12-5-6-13-28)27-20-10-14-29(17-20)22(30)19-7-3-4-8-19/h9,11,15,19-20H,2-8,10,12-14,16-17H2,1H3,(H2,24,26,27). The lowest BCUT2D eigenvalue weighted by Gasteiger charge is -2.21. The van der Waals surface area contributed by atoms with E-state index in [1.54, 1.807) is 0 Å². The van der Waals surface area contributed by atoms with Crippen LogP contribution in [0.25, 0.3) is 0 Å². The molecule has 0 bridgehead atoms. The van der Waals surface area contributed by atoms with Gasteiger partial charge in [-0.15, -0.1) is 0 Å². The number of hydrogen-bond acceptors (Lipinski definition) is 4. The highest BCUT2D eigenvalue weighted by Gasteiger charge is 2.32. The number of rotatable bonds is 6. The second kappa shape index (κ2) is 10.1. The highest BCUT2D eigenvalue weighted by molar-refractivity contribution is 5.81. The van der Waals surface area contributed by atoms with Gasteiger partial charge in [-0.2, -0.15) is 0 Å². The van der Waals surface area contributed by atoms with E-state index < -0.39 is 0 Å². The summed E-state index contributed by atoms with van der Waals surface area (Å²) in [5.41, 5.74) is 1.17. The number of pyridine rings is 1. The van der Waals surface area contributed by atoms with Crippen molar-refractivity contribution < 1.29 is 4.79 Å². The Bertz CT molecular complexity index is 739. The van der Waals surface area contributed by atoms with Crippen LogP contribution >= 0.6 is 0 Å². The average Bonchev–Trinajstić information content (AvgIpc) is 3.55. The summed E-state index contributed by atoms with van der Waals surface area (Å²) in [5, 5.41) is 6.91. The number of aromatic nitrogens is 1.